The quantitative estimate of drug-likeness (QED) is 0.784. The summed E-state index contributed by atoms with van der Waals surface area (Å²) in [6.07, 6.45) is 0.341. The first-order valence-electron chi connectivity index (χ1n) is 4.90. The molecule has 0 aliphatic heterocycles. The van der Waals surface area contributed by atoms with Gasteiger partial charge in [0.2, 0.25) is 0 Å². The summed E-state index contributed by atoms with van der Waals surface area (Å²) in [5.41, 5.74) is -3.88. The summed E-state index contributed by atoms with van der Waals surface area (Å²) in [4.78, 5) is 10.8. The molecule has 0 N–H and O–H groups in total. The molecule has 1 atom stereocenters. The van der Waals surface area contributed by atoms with Gasteiger partial charge in [0.25, 0.3) is 0 Å². The van der Waals surface area contributed by atoms with E-state index >= 15 is 0 Å². The molecule has 2 nitrogen and oxygen atoms in total. The van der Waals surface area contributed by atoms with Crippen molar-refractivity contribution in [2.75, 3.05) is 0 Å². The zero-order chi connectivity index (χ0) is 13.1. The third-order valence-corrected chi connectivity index (χ3v) is 2.95. The maximum atomic E-state index is 12.1. The smallest absolute Gasteiger partial charge is 0.446 e. The number of alkyl halides is 3. The summed E-state index contributed by atoms with van der Waals surface area (Å²) in [7, 11) is 0. The summed E-state index contributed by atoms with van der Waals surface area (Å²) < 4.78 is 36.2. The zero-order valence-corrected chi connectivity index (χ0v) is 9.77. The summed E-state index contributed by atoms with van der Waals surface area (Å²) in [6.45, 7) is 1.68. The number of hydrogen-bond donors (Lipinski definition) is 0. The predicted octanol–water partition coefficient (Wildman–Crippen LogP) is 2.54. The number of halogens is 3. The van der Waals surface area contributed by atoms with Crippen LogP contribution in [0.2, 0.25) is 0 Å². The van der Waals surface area contributed by atoms with Crippen molar-refractivity contribution in [2.24, 2.45) is 0 Å². The highest BCUT2D eigenvalue weighted by atomic mass is 32.2. The molecule has 0 heterocycles. The molecule has 17 heavy (non-hydrogen) atoms. The van der Waals surface area contributed by atoms with Gasteiger partial charge in [-0.1, -0.05) is 19.1 Å². The lowest BCUT2D eigenvalue weighted by molar-refractivity contribution is -0.308. The standard InChI is InChI=1S/C11H11F3O2S/c1-2-9(10(15)16)7-3-5-8(6-4-7)17-11(12,13)14/h3-6,9H,2H2,1H3,(H,15,16)/p-1. The Labute approximate surface area is 101 Å². The summed E-state index contributed by atoms with van der Waals surface area (Å²) in [5.74, 6) is -2.00. The van der Waals surface area contributed by atoms with Crippen molar-refractivity contribution in [1.29, 1.82) is 0 Å². The van der Waals surface area contributed by atoms with Crippen LogP contribution >= 0.6 is 11.8 Å². The summed E-state index contributed by atoms with van der Waals surface area (Å²) >= 11 is -0.226. The van der Waals surface area contributed by atoms with Crippen molar-refractivity contribution in [1.82, 2.24) is 0 Å². The van der Waals surface area contributed by atoms with Crippen LogP contribution in [-0.2, 0) is 4.79 Å². The highest BCUT2D eigenvalue weighted by Gasteiger charge is 2.29. The molecule has 0 aromatic heterocycles. The number of carbonyl (C=O) groups excluding carboxylic acids is 1. The van der Waals surface area contributed by atoms with Gasteiger partial charge < -0.3 is 9.90 Å². The lowest BCUT2D eigenvalue weighted by Crippen LogP contribution is -2.29. The zero-order valence-electron chi connectivity index (χ0n) is 8.95. The maximum Gasteiger partial charge on any atom is 0.446 e. The first-order valence-corrected chi connectivity index (χ1v) is 5.71. The molecular formula is C11H10F3O2S-. The topological polar surface area (TPSA) is 40.1 Å². The molecule has 6 heteroatoms. The summed E-state index contributed by atoms with van der Waals surface area (Å²) in [6, 6.07) is 5.30. The van der Waals surface area contributed by atoms with E-state index in [9.17, 15) is 23.1 Å². The average Bonchev–Trinajstić information content (AvgIpc) is 2.18. The van der Waals surface area contributed by atoms with Crippen LogP contribution in [0, 0.1) is 0 Å². The number of thioether (sulfide) groups is 1. The van der Waals surface area contributed by atoms with Gasteiger partial charge in [-0.3, -0.25) is 0 Å². The van der Waals surface area contributed by atoms with E-state index in [0.29, 0.717) is 12.0 Å². The van der Waals surface area contributed by atoms with Gasteiger partial charge in [-0.25, -0.2) is 0 Å². The lowest BCUT2D eigenvalue weighted by Gasteiger charge is -2.16. The molecule has 0 bridgehead atoms. The number of carboxylic acids is 1. The van der Waals surface area contributed by atoms with Gasteiger partial charge in [0.05, 0.1) is 0 Å². The van der Waals surface area contributed by atoms with Gasteiger partial charge in [-0.2, -0.15) is 13.2 Å². The van der Waals surface area contributed by atoms with Crippen LogP contribution in [0.4, 0.5) is 13.2 Å². The van der Waals surface area contributed by atoms with E-state index in [1.807, 2.05) is 0 Å². The highest BCUT2D eigenvalue weighted by molar-refractivity contribution is 8.00. The lowest BCUT2D eigenvalue weighted by atomic mass is 9.97. The van der Waals surface area contributed by atoms with E-state index in [4.69, 9.17) is 0 Å². The van der Waals surface area contributed by atoms with Crippen LogP contribution in [-0.4, -0.2) is 11.5 Å². The second-order valence-corrected chi connectivity index (χ2v) is 4.54. The highest BCUT2D eigenvalue weighted by Crippen LogP contribution is 2.37. The molecule has 0 saturated heterocycles. The van der Waals surface area contributed by atoms with Crippen molar-refractivity contribution in [2.45, 2.75) is 29.7 Å². The van der Waals surface area contributed by atoms with Crippen LogP contribution in [0.15, 0.2) is 29.2 Å². The number of aliphatic carboxylic acids is 1. The molecular weight excluding hydrogens is 253 g/mol. The fourth-order valence-corrected chi connectivity index (χ4v) is 1.98. The molecule has 0 aliphatic rings. The van der Waals surface area contributed by atoms with E-state index in [2.05, 4.69) is 0 Å². The van der Waals surface area contributed by atoms with E-state index < -0.39 is 17.4 Å². The van der Waals surface area contributed by atoms with Crippen LogP contribution in [0.5, 0.6) is 0 Å². The van der Waals surface area contributed by atoms with E-state index in [0.717, 1.165) is 0 Å². The molecule has 0 fully saturated rings. The van der Waals surface area contributed by atoms with Crippen molar-refractivity contribution >= 4 is 17.7 Å². The Morgan fingerprint density at radius 1 is 1.35 bits per heavy atom. The van der Waals surface area contributed by atoms with Gasteiger partial charge in [0.15, 0.2) is 0 Å². The number of carbonyl (C=O) groups is 1. The molecule has 0 amide bonds. The van der Waals surface area contributed by atoms with Crippen LogP contribution < -0.4 is 5.11 Å². The van der Waals surface area contributed by atoms with Gasteiger partial charge in [0, 0.05) is 16.8 Å². The monoisotopic (exact) mass is 263 g/mol. The minimum Gasteiger partial charge on any atom is -0.549 e. The van der Waals surface area contributed by atoms with Crippen LogP contribution in [0.1, 0.15) is 24.8 Å². The molecule has 1 aromatic carbocycles. The van der Waals surface area contributed by atoms with E-state index in [1.54, 1.807) is 6.92 Å². The average molecular weight is 263 g/mol. The second kappa shape index (κ2) is 5.44. The number of carboxylic acid groups (broad SMARTS) is 1. The van der Waals surface area contributed by atoms with E-state index in [1.165, 1.54) is 24.3 Å². The Morgan fingerprint density at radius 2 is 1.88 bits per heavy atom. The Kier molecular flexibility index (Phi) is 4.45. The Bertz CT molecular complexity index is 387. The predicted molar refractivity (Wildman–Crippen MR) is 56.4 cm³/mol. The first-order chi connectivity index (χ1) is 7.83. The SMILES string of the molecule is CCC(C(=O)[O-])c1ccc(SC(F)(F)F)cc1. The van der Waals surface area contributed by atoms with Gasteiger partial charge in [-0.15, -0.1) is 0 Å². The molecule has 1 rings (SSSR count). The molecule has 0 saturated carbocycles. The Morgan fingerprint density at radius 3 is 2.24 bits per heavy atom. The fraction of sp³-hybridized carbons (Fsp3) is 0.364. The van der Waals surface area contributed by atoms with Crippen molar-refractivity contribution < 1.29 is 23.1 Å². The molecule has 0 aliphatic carbocycles. The molecule has 0 spiro atoms. The van der Waals surface area contributed by atoms with Crippen LogP contribution in [0.25, 0.3) is 0 Å². The van der Waals surface area contributed by atoms with Crippen molar-refractivity contribution in [3.63, 3.8) is 0 Å². The number of benzene rings is 1. The Hall–Kier alpha value is -1.17. The maximum absolute atomic E-state index is 12.1. The Balaban J connectivity index is 2.84. The molecule has 1 unspecified atom stereocenters. The summed E-state index contributed by atoms with van der Waals surface area (Å²) in [5, 5.41) is 10.7. The molecule has 0 radical (unpaired) electrons. The van der Waals surface area contributed by atoms with E-state index in [-0.39, 0.29) is 16.7 Å². The first kappa shape index (κ1) is 13.9. The number of rotatable bonds is 4. The van der Waals surface area contributed by atoms with Gasteiger partial charge >= 0.3 is 5.51 Å². The van der Waals surface area contributed by atoms with Crippen molar-refractivity contribution in [3.8, 4) is 0 Å². The van der Waals surface area contributed by atoms with Gasteiger partial charge in [0.1, 0.15) is 0 Å². The van der Waals surface area contributed by atoms with Crippen LogP contribution in [0.3, 0.4) is 0 Å². The minimum atomic E-state index is -4.33. The molecule has 1 aromatic rings. The molecule has 94 valence electrons. The third kappa shape index (κ3) is 4.30. The number of hydrogen-bond acceptors (Lipinski definition) is 3. The van der Waals surface area contributed by atoms with Gasteiger partial charge in [-0.05, 0) is 35.9 Å². The minimum absolute atomic E-state index is 0.0365. The normalized spacial score (nSPS) is 13.4. The largest absolute Gasteiger partial charge is 0.549 e. The third-order valence-electron chi connectivity index (χ3n) is 2.21. The fourth-order valence-electron chi connectivity index (χ4n) is 1.44. The second-order valence-electron chi connectivity index (χ2n) is 3.40. The van der Waals surface area contributed by atoms with Crippen molar-refractivity contribution in [3.05, 3.63) is 29.8 Å².